The zero-order valence-electron chi connectivity index (χ0n) is 14.7. The van der Waals surface area contributed by atoms with E-state index >= 15 is 0 Å². The molecule has 0 aromatic heterocycles. The molecule has 0 saturated carbocycles. The summed E-state index contributed by atoms with van der Waals surface area (Å²) in [4.78, 5) is 12.4. The van der Waals surface area contributed by atoms with Crippen molar-refractivity contribution >= 4 is 5.91 Å². The summed E-state index contributed by atoms with van der Waals surface area (Å²) in [7, 11) is 0. The normalized spacial score (nSPS) is 13.0. The highest BCUT2D eigenvalue weighted by Gasteiger charge is 2.18. The number of rotatable bonds is 7. The summed E-state index contributed by atoms with van der Waals surface area (Å²) in [5, 5.41) is 2.98. The third kappa shape index (κ3) is 4.75. The first-order chi connectivity index (χ1) is 11.5. The van der Waals surface area contributed by atoms with E-state index in [1.807, 2.05) is 69.3 Å². The molecular formula is C20H25NO3. The van der Waals surface area contributed by atoms with Crippen LogP contribution >= 0.6 is 0 Å². The highest BCUT2D eigenvalue weighted by atomic mass is 16.5. The molecule has 4 heteroatoms. The molecule has 128 valence electrons. The lowest BCUT2D eigenvalue weighted by Crippen LogP contribution is -2.37. The van der Waals surface area contributed by atoms with Crippen molar-refractivity contribution in [3.05, 3.63) is 59.7 Å². The SMILES string of the molecule is CCOc1ccc([C@H](C)NC(=O)[C@H](C)Oc2ccccc2C)cc1. The van der Waals surface area contributed by atoms with Gasteiger partial charge < -0.3 is 14.8 Å². The zero-order valence-corrected chi connectivity index (χ0v) is 14.7. The van der Waals surface area contributed by atoms with Gasteiger partial charge in [-0.05, 0) is 57.0 Å². The predicted molar refractivity (Wildman–Crippen MR) is 95.4 cm³/mol. The molecule has 0 saturated heterocycles. The van der Waals surface area contributed by atoms with E-state index in [-0.39, 0.29) is 11.9 Å². The number of ether oxygens (including phenoxy) is 2. The monoisotopic (exact) mass is 327 g/mol. The summed E-state index contributed by atoms with van der Waals surface area (Å²) in [6.45, 7) is 8.26. The number of hydrogen-bond donors (Lipinski definition) is 1. The van der Waals surface area contributed by atoms with Crippen LogP contribution in [0.2, 0.25) is 0 Å². The molecule has 0 fully saturated rings. The fourth-order valence-electron chi connectivity index (χ4n) is 2.37. The molecule has 2 aromatic carbocycles. The van der Waals surface area contributed by atoms with E-state index in [4.69, 9.17) is 9.47 Å². The number of para-hydroxylation sites is 1. The first-order valence-corrected chi connectivity index (χ1v) is 8.26. The van der Waals surface area contributed by atoms with Gasteiger partial charge in [0.2, 0.25) is 0 Å². The Morgan fingerprint density at radius 3 is 2.38 bits per heavy atom. The van der Waals surface area contributed by atoms with Crippen molar-refractivity contribution in [2.45, 2.75) is 39.8 Å². The van der Waals surface area contributed by atoms with Crippen LogP contribution in [0.3, 0.4) is 0 Å². The van der Waals surface area contributed by atoms with Crippen LogP contribution in [0, 0.1) is 6.92 Å². The molecule has 1 amide bonds. The average molecular weight is 327 g/mol. The summed E-state index contributed by atoms with van der Waals surface area (Å²) in [6.07, 6.45) is -0.559. The molecule has 0 aliphatic rings. The Kier molecular flexibility index (Phi) is 6.24. The summed E-state index contributed by atoms with van der Waals surface area (Å²) in [5.74, 6) is 1.42. The molecule has 4 nitrogen and oxygen atoms in total. The van der Waals surface area contributed by atoms with Crippen LogP contribution in [-0.4, -0.2) is 18.6 Å². The van der Waals surface area contributed by atoms with Gasteiger partial charge >= 0.3 is 0 Å². The van der Waals surface area contributed by atoms with E-state index in [9.17, 15) is 4.79 Å². The van der Waals surface area contributed by atoms with E-state index in [1.165, 1.54) is 0 Å². The number of carbonyl (C=O) groups excluding carboxylic acids is 1. The van der Waals surface area contributed by atoms with Crippen molar-refractivity contribution < 1.29 is 14.3 Å². The molecule has 2 atom stereocenters. The Hall–Kier alpha value is -2.49. The lowest BCUT2D eigenvalue weighted by molar-refractivity contribution is -0.127. The fraction of sp³-hybridized carbons (Fsp3) is 0.350. The molecule has 0 aliphatic carbocycles. The maximum absolute atomic E-state index is 12.4. The van der Waals surface area contributed by atoms with Gasteiger partial charge in [-0.1, -0.05) is 30.3 Å². The quantitative estimate of drug-likeness (QED) is 0.835. The first kappa shape index (κ1) is 17.9. The largest absolute Gasteiger partial charge is 0.494 e. The standard InChI is InChI=1S/C20H25NO3/c1-5-23-18-12-10-17(11-13-18)15(3)21-20(22)16(4)24-19-9-7-6-8-14(19)2/h6-13,15-16H,5H2,1-4H3,(H,21,22)/t15-,16-/m0/s1. The van der Waals surface area contributed by atoms with Crippen LogP contribution in [0.1, 0.15) is 37.9 Å². The molecule has 0 unspecified atom stereocenters. The van der Waals surface area contributed by atoms with Crippen molar-refractivity contribution in [2.75, 3.05) is 6.61 Å². The summed E-state index contributed by atoms with van der Waals surface area (Å²) in [6, 6.07) is 15.3. The van der Waals surface area contributed by atoms with Gasteiger partial charge in [0, 0.05) is 0 Å². The Morgan fingerprint density at radius 1 is 1.08 bits per heavy atom. The second-order valence-corrected chi connectivity index (χ2v) is 5.76. The average Bonchev–Trinajstić information content (AvgIpc) is 2.57. The molecule has 2 rings (SSSR count). The van der Waals surface area contributed by atoms with Gasteiger partial charge in [0.1, 0.15) is 11.5 Å². The number of carbonyl (C=O) groups is 1. The Bertz CT molecular complexity index is 667. The van der Waals surface area contributed by atoms with Crippen LogP contribution in [0.25, 0.3) is 0 Å². The molecule has 24 heavy (non-hydrogen) atoms. The molecule has 0 heterocycles. The van der Waals surface area contributed by atoms with Gasteiger partial charge in [-0.3, -0.25) is 4.79 Å². The third-order valence-electron chi connectivity index (χ3n) is 3.82. The van der Waals surface area contributed by atoms with Crippen LogP contribution in [0.15, 0.2) is 48.5 Å². The molecule has 0 spiro atoms. The van der Waals surface area contributed by atoms with Crippen LogP contribution in [0.4, 0.5) is 0 Å². The van der Waals surface area contributed by atoms with Crippen molar-refractivity contribution in [2.24, 2.45) is 0 Å². The second-order valence-electron chi connectivity index (χ2n) is 5.76. The number of aryl methyl sites for hydroxylation is 1. The lowest BCUT2D eigenvalue weighted by Gasteiger charge is -2.20. The molecule has 1 N–H and O–H groups in total. The number of nitrogens with one attached hydrogen (secondary N) is 1. The van der Waals surface area contributed by atoms with Gasteiger partial charge in [-0.15, -0.1) is 0 Å². The summed E-state index contributed by atoms with van der Waals surface area (Å²) < 4.78 is 11.2. The molecular weight excluding hydrogens is 302 g/mol. The topological polar surface area (TPSA) is 47.6 Å². The highest BCUT2D eigenvalue weighted by Crippen LogP contribution is 2.20. The second kappa shape index (κ2) is 8.39. The lowest BCUT2D eigenvalue weighted by atomic mass is 10.1. The molecule has 2 aromatic rings. The zero-order chi connectivity index (χ0) is 17.5. The van der Waals surface area contributed by atoms with Crippen molar-refractivity contribution in [3.63, 3.8) is 0 Å². The van der Waals surface area contributed by atoms with Gasteiger partial charge in [0.25, 0.3) is 5.91 Å². The Balaban J connectivity index is 1.94. The maximum Gasteiger partial charge on any atom is 0.261 e. The number of hydrogen-bond acceptors (Lipinski definition) is 3. The predicted octanol–water partition coefficient (Wildman–Crippen LogP) is 4.04. The van der Waals surface area contributed by atoms with Crippen molar-refractivity contribution in [3.8, 4) is 11.5 Å². The van der Waals surface area contributed by atoms with Crippen molar-refractivity contribution in [1.82, 2.24) is 5.32 Å². The first-order valence-electron chi connectivity index (χ1n) is 8.26. The van der Waals surface area contributed by atoms with E-state index in [0.717, 1.165) is 22.6 Å². The van der Waals surface area contributed by atoms with Gasteiger partial charge in [0.15, 0.2) is 6.10 Å². The molecule has 0 radical (unpaired) electrons. The minimum absolute atomic E-state index is 0.101. The van der Waals surface area contributed by atoms with Crippen LogP contribution in [-0.2, 0) is 4.79 Å². The van der Waals surface area contributed by atoms with E-state index in [2.05, 4.69) is 5.32 Å². The van der Waals surface area contributed by atoms with E-state index in [0.29, 0.717) is 6.61 Å². The van der Waals surface area contributed by atoms with Crippen LogP contribution in [0.5, 0.6) is 11.5 Å². The maximum atomic E-state index is 12.4. The number of amides is 1. The molecule has 0 aliphatic heterocycles. The third-order valence-corrected chi connectivity index (χ3v) is 3.82. The highest BCUT2D eigenvalue weighted by molar-refractivity contribution is 5.81. The smallest absolute Gasteiger partial charge is 0.261 e. The van der Waals surface area contributed by atoms with E-state index < -0.39 is 6.10 Å². The van der Waals surface area contributed by atoms with Crippen LogP contribution < -0.4 is 14.8 Å². The minimum atomic E-state index is -0.559. The molecule has 0 bridgehead atoms. The fourth-order valence-corrected chi connectivity index (χ4v) is 2.37. The van der Waals surface area contributed by atoms with Gasteiger partial charge in [-0.25, -0.2) is 0 Å². The van der Waals surface area contributed by atoms with Gasteiger partial charge in [-0.2, -0.15) is 0 Å². The Morgan fingerprint density at radius 2 is 1.75 bits per heavy atom. The Labute approximate surface area is 143 Å². The summed E-state index contributed by atoms with van der Waals surface area (Å²) >= 11 is 0. The van der Waals surface area contributed by atoms with Crippen molar-refractivity contribution in [1.29, 1.82) is 0 Å². The number of benzene rings is 2. The van der Waals surface area contributed by atoms with Gasteiger partial charge in [0.05, 0.1) is 12.6 Å². The minimum Gasteiger partial charge on any atom is -0.494 e. The summed E-state index contributed by atoms with van der Waals surface area (Å²) in [5.41, 5.74) is 2.03. The van der Waals surface area contributed by atoms with E-state index in [1.54, 1.807) is 6.92 Å².